The summed E-state index contributed by atoms with van der Waals surface area (Å²) in [6, 6.07) is 14.3. The van der Waals surface area contributed by atoms with E-state index in [9.17, 15) is 9.59 Å². The lowest BCUT2D eigenvalue weighted by molar-refractivity contribution is -0.117. The zero-order chi connectivity index (χ0) is 22.0. The van der Waals surface area contributed by atoms with Gasteiger partial charge in [-0.05, 0) is 30.3 Å². The number of rotatable bonds is 6. The minimum absolute atomic E-state index is 0.248. The molecule has 31 heavy (non-hydrogen) atoms. The van der Waals surface area contributed by atoms with E-state index in [1.165, 1.54) is 25.1 Å². The minimum Gasteiger partial charge on any atom is -0.493 e. The maximum atomic E-state index is 12.8. The Morgan fingerprint density at radius 2 is 1.81 bits per heavy atom. The fraction of sp³-hybridized carbons (Fsp3) is 0.143. The Balaban J connectivity index is 1.56. The number of methoxy groups -OCH3 is 2. The molecule has 9 nitrogen and oxygen atoms in total. The molecule has 1 amide bonds. The number of hydrogen-bond donors (Lipinski definition) is 1. The molecule has 0 spiro atoms. The number of aromatic nitrogens is 4. The summed E-state index contributed by atoms with van der Waals surface area (Å²) >= 11 is 3.40. The molecular weight excluding hydrogens is 466 g/mol. The van der Waals surface area contributed by atoms with Crippen LogP contribution in [0.4, 0.5) is 5.69 Å². The van der Waals surface area contributed by atoms with Crippen LogP contribution in [0.15, 0.2) is 64.1 Å². The molecule has 4 aromatic rings. The van der Waals surface area contributed by atoms with Crippen LogP contribution in [0.5, 0.6) is 11.5 Å². The van der Waals surface area contributed by atoms with E-state index in [4.69, 9.17) is 9.47 Å². The SMILES string of the molecule is COc1ccc(NC(=O)Cn2ncn3nc(-c4ccc(Br)cc4)cc3c2=O)cc1OC. The van der Waals surface area contributed by atoms with Gasteiger partial charge in [-0.3, -0.25) is 9.59 Å². The molecule has 0 saturated carbocycles. The Hall–Kier alpha value is -3.66. The summed E-state index contributed by atoms with van der Waals surface area (Å²) in [5, 5.41) is 11.2. The Kier molecular flexibility index (Phi) is 5.72. The van der Waals surface area contributed by atoms with Crippen molar-refractivity contribution in [2.45, 2.75) is 6.54 Å². The highest BCUT2D eigenvalue weighted by Crippen LogP contribution is 2.29. The number of halogens is 1. The summed E-state index contributed by atoms with van der Waals surface area (Å²) in [4.78, 5) is 25.3. The first-order valence-corrected chi connectivity index (χ1v) is 10.0. The van der Waals surface area contributed by atoms with E-state index in [0.29, 0.717) is 28.4 Å². The Morgan fingerprint density at radius 1 is 1.06 bits per heavy atom. The lowest BCUT2D eigenvalue weighted by Gasteiger charge is -2.11. The third kappa shape index (κ3) is 4.29. The third-order valence-corrected chi connectivity index (χ3v) is 5.12. The van der Waals surface area contributed by atoms with E-state index < -0.39 is 11.5 Å². The van der Waals surface area contributed by atoms with Crippen molar-refractivity contribution in [2.75, 3.05) is 19.5 Å². The van der Waals surface area contributed by atoms with Crippen LogP contribution in [0.3, 0.4) is 0 Å². The van der Waals surface area contributed by atoms with E-state index in [-0.39, 0.29) is 6.54 Å². The highest BCUT2D eigenvalue weighted by atomic mass is 79.9. The quantitative estimate of drug-likeness (QED) is 0.452. The molecule has 0 aliphatic carbocycles. The number of nitrogens with one attached hydrogen (secondary N) is 1. The van der Waals surface area contributed by atoms with Crippen LogP contribution in [0.25, 0.3) is 16.8 Å². The predicted octanol–water partition coefficient (Wildman–Crippen LogP) is 2.98. The van der Waals surface area contributed by atoms with Crippen molar-refractivity contribution < 1.29 is 14.3 Å². The molecule has 0 aliphatic heterocycles. The molecule has 0 unspecified atom stereocenters. The van der Waals surface area contributed by atoms with Crippen LogP contribution in [-0.4, -0.2) is 39.5 Å². The van der Waals surface area contributed by atoms with Gasteiger partial charge in [0.05, 0.1) is 19.9 Å². The molecule has 2 aromatic heterocycles. The lowest BCUT2D eigenvalue weighted by Crippen LogP contribution is -2.30. The van der Waals surface area contributed by atoms with E-state index >= 15 is 0 Å². The summed E-state index contributed by atoms with van der Waals surface area (Å²) in [6.45, 7) is -0.248. The van der Waals surface area contributed by atoms with E-state index in [1.807, 2.05) is 24.3 Å². The molecule has 0 radical (unpaired) electrons. The Bertz CT molecular complexity index is 1310. The Morgan fingerprint density at radius 3 is 2.52 bits per heavy atom. The monoisotopic (exact) mass is 483 g/mol. The second kappa shape index (κ2) is 8.60. The number of amides is 1. The van der Waals surface area contributed by atoms with Gasteiger partial charge in [-0.25, -0.2) is 9.20 Å². The average Bonchev–Trinajstić information content (AvgIpc) is 3.21. The molecule has 0 atom stereocenters. The molecule has 0 fully saturated rings. The fourth-order valence-electron chi connectivity index (χ4n) is 3.06. The number of benzene rings is 2. The van der Waals surface area contributed by atoms with Crippen molar-refractivity contribution in [3.63, 3.8) is 0 Å². The van der Waals surface area contributed by atoms with Crippen LogP contribution < -0.4 is 20.3 Å². The molecule has 158 valence electrons. The van der Waals surface area contributed by atoms with Crippen molar-refractivity contribution in [3.05, 3.63) is 69.7 Å². The third-order valence-electron chi connectivity index (χ3n) is 4.59. The van der Waals surface area contributed by atoms with Crippen molar-refractivity contribution in [3.8, 4) is 22.8 Å². The summed E-state index contributed by atoms with van der Waals surface area (Å²) in [5.74, 6) is 0.627. The van der Waals surface area contributed by atoms with E-state index in [0.717, 1.165) is 14.7 Å². The highest BCUT2D eigenvalue weighted by molar-refractivity contribution is 9.10. The Labute approximate surface area is 185 Å². The fourth-order valence-corrected chi connectivity index (χ4v) is 3.33. The van der Waals surface area contributed by atoms with Gasteiger partial charge in [0.1, 0.15) is 18.4 Å². The molecule has 2 aromatic carbocycles. The zero-order valence-electron chi connectivity index (χ0n) is 16.7. The zero-order valence-corrected chi connectivity index (χ0v) is 18.3. The summed E-state index contributed by atoms with van der Waals surface area (Å²) in [7, 11) is 3.04. The van der Waals surface area contributed by atoms with Crippen LogP contribution in [0.2, 0.25) is 0 Å². The second-order valence-corrected chi connectivity index (χ2v) is 7.49. The number of carbonyl (C=O) groups is 1. The van der Waals surface area contributed by atoms with Gasteiger partial charge in [-0.1, -0.05) is 28.1 Å². The first kappa shape index (κ1) is 20.6. The number of anilines is 1. The first-order chi connectivity index (χ1) is 15.0. The molecular formula is C21H18BrN5O4. The summed E-state index contributed by atoms with van der Waals surface area (Å²) in [5.41, 5.74) is 1.93. The van der Waals surface area contributed by atoms with Crippen molar-refractivity contribution in [1.82, 2.24) is 19.4 Å². The predicted molar refractivity (Wildman–Crippen MR) is 119 cm³/mol. The molecule has 0 bridgehead atoms. The molecule has 0 aliphatic rings. The largest absolute Gasteiger partial charge is 0.493 e. The molecule has 0 saturated heterocycles. The number of hydrogen-bond acceptors (Lipinski definition) is 6. The van der Waals surface area contributed by atoms with E-state index in [1.54, 1.807) is 24.3 Å². The molecule has 2 heterocycles. The van der Waals surface area contributed by atoms with Gasteiger partial charge in [-0.15, -0.1) is 0 Å². The van der Waals surface area contributed by atoms with Crippen LogP contribution in [0.1, 0.15) is 0 Å². The minimum atomic E-state index is -0.416. The van der Waals surface area contributed by atoms with Crippen LogP contribution in [-0.2, 0) is 11.3 Å². The van der Waals surface area contributed by atoms with Crippen molar-refractivity contribution >= 4 is 33.0 Å². The summed E-state index contributed by atoms with van der Waals surface area (Å²) in [6.07, 6.45) is 1.41. The smallest absolute Gasteiger partial charge is 0.293 e. The van der Waals surface area contributed by atoms with Crippen molar-refractivity contribution in [2.24, 2.45) is 0 Å². The number of fused-ring (bicyclic) bond motifs is 1. The first-order valence-electron chi connectivity index (χ1n) is 9.22. The topological polar surface area (TPSA) is 99.8 Å². The lowest BCUT2D eigenvalue weighted by atomic mass is 10.1. The standard InChI is InChI=1S/C21H18BrN5O4/c1-30-18-8-7-15(9-19(18)31-2)24-20(28)11-26-21(29)17-10-16(25-27(17)12-23-26)13-3-5-14(22)6-4-13/h3-10,12H,11H2,1-2H3,(H,24,28). The van der Waals surface area contributed by atoms with Crippen LogP contribution >= 0.6 is 15.9 Å². The number of nitrogens with zero attached hydrogens (tertiary/aromatic N) is 4. The molecule has 1 N–H and O–H groups in total. The van der Waals surface area contributed by atoms with Gasteiger partial charge in [0.25, 0.3) is 5.56 Å². The van der Waals surface area contributed by atoms with Gasteiger partial charge >= 0.3 is 0 Å². The van der Waals surface area contributed by atoms with Gasteiger partial charge in [0, 0.05) is 21.8 Å². The normalized spacial score (nSPS) is 10.8. The maximum Gasteiger partial charge on any atom is 0.293 e. The second-order valence-electron chi connectivity index (χ2n) is 6.58. The van der Waals surface area contributed by atoms with Gasteiger partial charge in [-0.2, -0.15) is 10.2 Å². The summed E-state index contributed by atoms with van der Waals surface area (Å²) < 4.78 is 13.9. The van der Waals surface area contributed by atoms with E-state index in [2.05, 4.69) is 31.4 Å². The van der Waals surface area contributed by atoms with Gasteiger partial charge < -0.3 is 14.8 Å². The molecule has 4 rings (SSSR count). The average molecular weight is 484 g/mol. The number of ether oxygens (including phenoxy) is 2. The molecule has 10 heteroatoms. The number of carbonyl (C=O) groups excluding carboxylic acids is 1. The van der Waals surface area contributed by atoms with Crippen molar-refractivity contribution in [1.29, 1.82) is 0 Å². The maximum absolute atomic E-state index is 12.8. The van der Waals surface area contributed by atoms with Crippen LogP contribution in [0, 0.1) is 0 Å². The van der Waals surface area contributed by atoms with Gasteiger partial charge in [0.2, 0.25) is 5.91 Å². The highest BCUT2D eigenvalue weighted by Gasteiger charge is 2.13. The van der Waals surface area contributed by atoms with Gasteiger partial charge in [0.15, 0.2) is 11.5 Å².